The number of nitrogens with zero attached hydrogens (tertiary/aromatic N) is 1. The van der Waals surface area contributed by atoms with Crippen LogP contribution in [-0.2, 0) is 0 Å². The molecule has 0 bridgehead atoms. The molecule has 4 heteroatoms. The number of nitriles is 1. The minimum absolute atomic E-state index is 0.253. The average Bonchev–Trinajstić information content (AvgIpc) is 2.50. The number of methoxy groups -OCH3 is 1. The van der Waals surface area contributed by atoms with Gasteiger partial charge in [0.25, 0.3) is 5.91 Å². The molecule has 0 fully saturated rings. The zero-order chi connectivity index (χ0) is 15.4. The van der Waals surface area contributed by atoms with Gasteiger partial charge in [-0.3, -0.25) is 4.79 Å². The summed E-state index contributed by atoms with van der Waals surface area (Å²) >= 11 is 0. The van der Waals surface area contributed by atoms with E-state index in [2.05, 4.69) is 11.4 Å². The van der Waals surface area contributed by atoms with Gasteiger partial charge in [0.05, 0.1) is 12.7 Å². The van der Waals surface area contributed by atoms with Crippen LogP contribution in [0.15, 0.2) is 36.4 Å². The topological polar surface area (TPSA) is 62.1 Å². The Hall–Kier alpha value is -2.80. The third kappa shape index (κ3) is 2.87. The van der Waals surface area contributed by atoms with Crippen molar-refractivity contribution in [2.24, 2.45) is 0 Å². The lowest BCUT2D eigenvalue weighted by Crippen LogP contribution is -2.15. The Balaban J connectivity index is 2.41. The van der Waals surface area contributed by atoms with Crippen molar-refractivity contribution in [3.8, 4) is 11.8 Å². The van der Waals surface area contributed by atoms with Gasteiger partial charge in [0.2, 0.25) is 0 Å². The molecule has 0 aliphatic heterocycles. The van der Waals surface area contributed by atoms with Crippen LogP contribution >= 0.6 is 0 Å². The molecule has 0 saturated heterocycles. The molecule has 0 heterocycles. The summed E-state index contributed by atoms with van der Waals surface area (Å²) < 4.78 is 5.21. The van der Waals surface area contributed by atoms with Gasteiger partial charge in [0.15, 0.2) is 0 Å². The molecule has 2 aromatic rings. The summed E-state index contributed by atoms with van der Waals surface area (Å²) in [6.07, 6.45) is 0. The van der Waals surface area contributed by atoms with Gasteiger partial charge < -0.3 is 10.1 Å². The van der Waals surface area contributed by atoms with Crippen LogP contribution in [0, 0.1) is 25.2 Å². The smallest absolute Gasteiger partial charge is 0.256 e. The number of benzene rings is 2. The van der Waals surface area contributed by atoms with E-state index in [1.807, 2.05) is 26.0 Å². The highest BCUT2D eigenvalue weighted by atomic mass is 16.5. The van der Waals surface area contributed by atoms with Gasteiger partial charge in [-0.25, -0.2) is 0 Å². The monoisotopic (exact) mass is 280 g/mol. The van der Waals surface area contributed by atoms with E-state index in [4.69, 9.17) is 10.00 Å². The van der Waals surface area contributed by atoms with Crippen LogP contribution in [0.3, 0.4) is 0 Å². The summed E-state index contributed by atoms with van der Waals surface area (Å²) in [5.41, 5.74) is 3.32. The van der Waals surface area contributed by atoms with Gasteiger partial charge in [-0.15, -0.1) is 0 Å². The SMILES string of the molecule is COc1cccc(C#N)c1NC(=O)c1cccc(C)c1C. The lowest BCUT2D eigenvalue weighted by molar-refractivity contribution is 0.102. The number of carbonyl (C=O) groups excluding carboxylic acids is 1. The zero-order valence-corrected chi connectivity index (χ0v) is 12.2. The lowest BCUT2D eigenvalue weighted by Gasteiger charge is -2.13. The molecule has 1 amide bonds. The maximum atomic E-state index is 12.4. The highest BCUT2D eigenvalue weighted by molar-refractivity contribution is 6.06. The maximum absolute atomic E-state index is 12.4. The van der Waals surface area contributed by atoms with Crippen molar-refractivity contribution in [2.45, 2.75) is 13.8 Å². The number of hydrogen-bond acceptors (Lipinski definition) is 3. The molecule has 106 valence electrons. The van der Waals surface area contributed by atoms with Crippen molar-refractivity contribution in [3.05, 3.63) is 58.7 Å². The largest absolute Gasteiger partial charge is 0.495 e. The number of carbonyl (C=O) groups is 1. The molecule has 0 unspecified atom stereocenters. The number of anilines is 1. The number of nitrogens with one attached hydrogen (secondary N) is 1. The minimum atomic E-state index is -0.253. The first-order chi connectivity index (χ1) is 10.1. The van der Waals surface area contributed by atoms with Crippen molar-refractivity contribution in [3.63, 3.8) is 0 Å². The lowest BCUT2D eigenvalue weighted by atomic mass is 10.0. The van der Waals surface area contributed by atoms with E-state index < -0.39 is 0 Å². The Morgan fingerprint density at radius 2 is 1.90 bits per heavy atom. The molecule has 0 atom stereocenters. The van der Waals surface area contributed by atoms with Gasteiger partial charge in [-0.1, -0.05) is 18.2 Å². The van der Waals surface area contributed by atoms with E-state index in [1.165, 1.54) is 7.11 Å². The summed E-state index contributed by atoms with van der Waals surface area (Å²) in [7, 11) is 1.50. The maximum Gasteiger partial charge on any atom is 0.256 e. The zero-order valence-electron chi connectivity index (χ0n) is 12.2. The normalized spacial score (nSPS) is 9.81. The number of hydrogen-bond donors (Lipinski definition) is 1. The van der Waals surface area contributed by atoms with Crippen LogP contribution in [0.4, 0.5) is 5.69 Å². The second-order valence-corrected chi connectivity index (χ2v) is 4.70. The van der Waals surface area contributed by atoms with E-state index in [0.29, 0.717) is 22.6 Å². The fourth-order valence-corrected chi connectivity index (χ4v) is 2.10. The average molecular weight is 280 g/mol. The predicted octanol–water partition coefficient (Wildman–Crippen LogP) is 3.44. The van der Waals surface area contributed by atoms with E-state index in [9.17, 15) is 4.79 Å². The summed E-state index contributed by atoms with van der Waals surface area (Å²) in [4.78, 5) is 12.4. The molecule has 0 saturated carbocycles. The van der Waals surface area contributed by atoms with Gasteiger partial charge in [-0.2, -0.15) is 5.26 Å². The third-order valence-electron chi connectivity index (χ3n) is 3.45. The Labute approximate surface area is 124 Å². The van der Waals surface area contributed by atoms with Crippen LogP contribution < -0.4 is 10.1 Å². The number of aryl methyl sites for hydroxylation is 1. The molecule has 0 aliphatic rings. The van der Waals surface area contributed by atoms with E-state index >= 15 is 0 Å². The summed E-state index contributed by atoms with van der Waals surface area (Å²) in [5, 5.41) is 11.9. The second-order valence-electron chi connectivity index (χ2n) is 4.70. The summed E-state index contributed by atoms with van der Waals surface area (Å²) in [5.74, 6) is 0.213. The molecule has 0 radical (unpaired) electrons. The number of amides is 1. The van der Waals surface area contributed by atoms with Crippen molar-refractivity contribution in [1.29, 1.82) is 5.26 Å². The second kappa shape index (κ2) is 6.10. The third-order valence-corrected chi connectivity index (χ3v) is 3.45. The molecule has 21 heavy (non-hydrogen) atoms. The first-order valence-corrected chi connectivity index (χ1v) is 6.53. The van der Waals surface area contributed by atoms with E-state index in [1.54, 1.807) is 24.3 Å². The van der Waals surface area contributed by atoms with Crippen molar-refractivity contribution in [2.75, 3.05) is 12.4 Å². The highest BCUT2D eigenvalue weighted by Crippen LogP contribution is 2.28. The van der Waals surface area contributed by atoms with Crippen molar-refractivity contribution >= 4 is 11.6 Å². The Bertz CT molecular complexity index is 730. The fourth-order valence-electron chi connectivity index (χ4n) is 2.10. The van der Waals surface area contributed by atoms with Gasteiger partial charge in [0.1, 0.15) is 17.5 Å². The molecule has 2 rings (SSSR count). The van der Waals surface area contributed by atoms with Gasteiger partial charge in [-0.05, 0) is 43.2 Å². The standard InChI is InChI=1S/C17H16N2O2/c1-11-6-4-8-14(12(11)2)17(20)19-16-13(10-18)7-5-9-15(16)21-3/h4-9H,1-3H3,(H,19,20). The first kappa shape index (κ1) is 14.6. The van der Waals surface area contributed by atoms with Crippen molar-refractivity contribution < 1.29 is 9.53 Å². The molecule has 0 spiro atoms. The minimum Gasteiger partial charge on any atom is -0.495 e. The predicted molar refractivity (Wildman–Crippen MR) is 81.6 cm³/mol. The Morgan fingerprint density at radius 3 is 2.57 bits per heavy atom. The first-order valence-electron chi connectivity index (χ1n) is 6.53. The number of rotatable bonds is 3. The number of para-hydroxylation sites is 1. The van der Waals surface area contributed by atoms with Crippen LogP contribution in [-0.4, -0.2) is 13.0 Å². The number of ether oxygens (including phenoxy) is 1. The van der Waals surface area contributed by atoms with E-state index in [0.717, 1.165) is 11.1 Å². The fraction of sp³-hybridized carbons (Fsp3) is 0.176. The van der Waals surface area contributed by atoms with Crippen LogP contribution in [0.2, 0.25) is 0 Å². The molecular formula is C17H16N2O2. The summed E-state index contributed by atoms with van der Waals surface area (Å²) in [6.45, 7) is 3.85. The molecule has 4 nitrogen and oxygen atoms in total. The molecule has 1 N–H and O–H groups in total. The Kier molecular flexibility index (Phi) is 4.24. The van der Waals surface area contributed by atoms with Gasteiger partial charge in [0, 0.05) is 5.56 Å². The van der Waals surface area contributed by atoms with Gasteiger partial charge >= 0.3 is 0 Å². The summed E-state index contributed by atoms with van der Waals surface area (Å²) in [6, 6.07) is 12.7. The van der Waals surface area contributed by atoms with E-state index in [-0.39, 0.29) is 5.91 Å². The van der Waals surface area contributed by atoms with Crippen LogP contribution in [0.25, 0.3) is 0 Å². The molecule has 0 aliphatic carbocycles. The van der Waals surface area contributed by atoms with Crippen LogP contribution in [0.1, 0.15) is 27.0 Å². The van der Waals surface area contributed by atoms with Crippen molar-refractivity contribution in [1.82, 2.24) is 0 Å². The van der Waals surface area contributed by atoms with Crippen LogP contribution in [0.5, 0.6) is 5.75 Å². The Morgan fingerprint density at radius 1 is 1.19 bits per heavy atom. The molecule has 2 aromatic carbocycles. The highest BCUT2D eigenvalue weighted by Gasteiger charge is 2.15. The quantitative estimate of drug-likeness (QED) is 0.936. The molecule has 0 aromatic heterocycles. The molecular weight excluding hydrogens is 264 g/mol.